The highest BCUT2D eigenvalue weighted by Gasteiger charge is 2.20. The molecule has 11 heteroatoms. The van der Waals surface area contributed by atoms with E-state index in [1.165, 1.54) is 16.8 Å². The third-order valence-electron chi connectivity index (χ3n) is 5.76. The molecule has 0 bridgehead atoms. The normalized spacial score (nSPS) is 11.9. The molecule has 1 N–H and O–H groups in total. The van der Waals surface area contributed by atoms with E-state index in [0.29, 0.717) is 17.1 Å². The molecule has 1 aliphatic rings. The Hall–Kier alpha value is -4.93. The number of carbonyl (C=O) groups is 2. The predicted molar refractivity (Wildman–Crippen MR) is 133 cm³/mol. The monoisotopic (exact) mass is 502 g/mol. The summed E-state index contributed by atoms with van der Waals surface area (Å²) in [6, 6.07) is 14.7. The molecule has 4 aromatic rings. The first-order valence-electron chi connectivity index (χ1n) is 11.5. The van der Waals surface area contributed by atoms with Crippen molar-refractivity contribution in [2.75, 3.05) is 18.7 Å². The number of carbonyl (C=O) groups excluding carboxylic acids is 2. The van der Waals surface area contributed by atoms with E-state index in [9.17, 15) is 19.2 Å². The molecular formula is C26H22N4O7. The fraction of sp³-hybridized carbons (Fsp3) is 0.192. The second-order valence-corrected chi connectivity index (χ2v) is 8.13. The topological polar surface area (TPSA) is 131 Å². The van der Waals surface area contributed by atoms with E-state index in [1.807, 2.05) is 0 Å². The van der Waals surface area contributed by atoms with Crippen LogP contribution in [0.2, 0.25) is 0 Å². The van der Waals surface area contributed by atoms with Crippen LogP contribution in [0.4, 0.5) is 5.69 Å². The van der Waals surface area contributed by atoms with Gasteiger partial charge in [-0.05, 0) is 48.9 Å². The van der Waals surface area contributed by atoms with Gasteiger partial charge in [0.2, 0.25) is 12.7 Å². The van der Waals surface area contributed by atoms with E-state index in [-0.39, 0.29) is 42.2 Å². The molecule has 0 aliphatic carbocycles. The number of nitrogens with zero attached hydrogens (tertiary/aromatic N) is 3. The molecule has 0 radical (unpaired) electrons. The summed E-state index contributed by atoms with van der Waals surface area (Å²) >= 11 is 0. The Bertz CT molecular complexity index is 1640. The standard InChI is InChI=1S/C26H22N4O7/c1-2-35-25(33)17-6-3-4-7-18(17)28-22(31)14-29-19-8-5-11-27-23(19)24(32)30(26(29)34)13-16-9-10-20-21(12-16)37-15-36-20/h3-12H,2,13-15H2,1H3,(H,28,31). The number of hydrogen-bond donors (Lipinski definition) is 1. The molecule has 188 valence electrons. The van der Waals surface area contributed by atoms with E-state index in [2.05, 4.69) is 10.3 Å². The number of pyridine rings is 1. The predicted octanol–water partition coefficient (Wildman–Crippen LogP) is 2.15. The number of amides is 1. The van der Waals surface area contributed by atoms with Crippen LogP contribution in [-0.4, -0.2) is 39.4 Å². The second-order valence-electron chi connectivity index (χ2n) is 8.13. The Morgan fingerprint density at radius 3 is 2.68 bits per heavy atom. The van der Waals surface area contributed by atoms with Crippen molar-refractivity contribution in [2.45, 2.75) is 20.0 Å². The Morgan fingerprint density at radius 2 is 1.84 bits per heavy atom. The van der Waals surface area contributed by atoms with Crippen LogP contribution in [0.3, 0.4) is 0 Å². The molecule has 0 spiro atoms. The molecule has 3 heterocycles. The zero-order valence-electron chi connectivity index (χ0n) is 19.8. The highest BCUT2D eigenvalue weighted by atomic mass is 16.7. The highest BCUT2D eigenvalue weighted by Crippen LogP contribution is 2.32. The number of fused-ring (bicyclic) bond motifs is 2. The summed E-state index contributed by atoms with van der Waals surface area (Å²) < 4.78 is 18.0. The van der Waals surface area contributed by atoms with Crippen LogP contribution in [0.15, 0.2) is 70.4 Å². The van der Waals surface area contributed by atoms with Gasteiger partial charge in [-0.25, -0.2) is 14.6 Å². The van der Waals surface area contributed by atoms with Crippen LogP contribution < -0.4 is 26.0 Å². The lowest BCUT2D eigenvalue weighted by Crippen LogP contribution is -2.42. The number of esters is 1. The van der Waals surface area contributed by atoms with Gasteiger partial charge in [-0.1, -0.05) is 18.2 Å². The number of para-hydroxylation sites is 1. The average molecular weight is 502 g/mol. The minimum absolute atomic E-state index is 0.0440. The second kappa shape index (κ2) is 9.97. The van der Waals surface area contributed by atoms with Crippen LogP contribution in [0.1, 0.15) is 22.8 Å². The summed E-state index contributed by atoms with van der Waals surface area (Å²) in [6.07, 6.45) is 1.44. The third kappa shape index (κ3) is 4.66. The molecule has 0 atom stereocenters. The summed E-state index contributed by atoms with van der Waals surface area (Å²) in [4.78, 5) is 56.1. The summed E-state index contributed by atoms with van der Waals surface area (Å²) in [5, 5.41) is 2.66. The molecule has 5 rings (SSSR count). The largest absolute Gasteiger partial charge is 0.462 e. The fourth-order valence-corrected chi connectivity index (χ4v) is 4.07. The van der Waals surface area contributed by atoms with Crippen molar-refractivity contribution in [1.29, 1.82) is 0 Å². The first-order chi connectivity index (χ1) is 18.0. The van der Waals surface area contributed by atoms with Crippen LogP contribution >= 0.6 is 0 Å². The number of hydrogen-bond acceptors (Lipinski definition) is 8. The lowest BCUT2D eigenvalue weighted by molar-refractivity contribution is -0.116. The Balaban J connectivity index is 1.50. The van der Waals surface area contributed by atoms with Gasteiger partial charge in [0.1, 0.15) is 6.54 Å². The number of benzene rings is 2. The zero-order valence-corrected chi connectivity index (χ0v) is 19.8. The van der Waals surface area contributed by atoms with Gasteiger partial charge in [0.15, 0.2) is 17.0 Å². The molecule has 2 aromatic heterocycles. The van der Waals surface area contributed by atoms with Crippen LogP contribution in [0.25, 0.3) is 11.0 Å². The van der Waals surface area contributed by atoms with Crippen molar-refractivity contribution >= 4 is 28.6 Å². The molecule has 2 aromatic carbocycles. The molecule has 0 fully saturated rings. The minimum atomic E-state index is -0.683. The summed E-state index contributed by atoms with van der Waals surface area (Å²) in [7, 11) is 0. The number of nitrogens with one attached hydrogen (secondary N) is 1. The Morgan fingerprint density at radius 1 is 1.03 bits per heavy atom. The molecule has 37 heavy (non-hydrogen) atoms. The molecule has 1 aliphatic heterocycles. The fourth-order valence-electron chi connectivity index (χ4n) is 4.07. The maximum absolute atomic E-state index is 13.5. The lowest BCUT2D eigenvalue weighted by Gasteiger charge is -2.15. The van der Waals surface area contributed by atoms with Gasteiger partial charge in [0, 0.05) is 6.20 Å². The Kier molecular flexibility index (Phi) is 6.42. The van der Waals surface area contributed by atoms with Crippen molar-refractivity contribution in [3.05, 3.63) is 92.8 Å². The maximum atomic E-state index is 13.5. The summed E-state index contributed by atoms with van der Waals surface area (Å²) in [5.41, 5.74) is 0.0629. The first kappa shape index (κ1) is 23.8. The molecule has 0 saturated heterocycles. The van der Waals surface area contributed by atoms with Gasteiger partial charge in [0.05, 0.1) is 29.9 Å². The van der Waals surface area contributed by atoms with Gasteiger partial charge >= 0.3 is 11.7 Å². The SMILES string of the molecule is CCOC(=O)c1ccccc1NC(=O)Cn1c(=O)n(Cc2ccc3c(c2)OCO3)c(=O)c2ncccc21. The van der Waals surface area contributed by atoms with Gasteiger partial charge in [-0.15, -0.1) is 0 Å². The lowest BCUT2D eigenvalue weighted by atomic mass is 10.2. The first-order valence-corrected chi connectivity index (χ1v) is 11.5. The summed E-state index contributed by atoms with van der Waals surface area (Å²) in [6.45, 7) is 1.48. The van der Waals surface area contributed by atoms with Crippen molar-refractivity contribution in [3.63, 3.8) is 0 Å². The highest BCUT2D eigenvalue weighted by molar-refractivity contribution is 6.01. The van der Waals surface area contributed by atoms with Gasteiger partial charge in [-0.3, -0.25) is 18.7 Å². The van der Waals surface area contributed by atoms with Crippen molar-refractivity contribution in [1.82, 2.24) is 14.1 Å². The number of anilines is 1. The molecule has 1 amide bonds. The van der Waals surface area contributed by atoms with E-state index in [4.69, 9.17) is 14.2 Å². The van der Waals surface area contributed by atoms with E-state index < -0.39 is 29.7 Å². The van der Waals surface area contributed by atoms with Crippen molar-refractivity contribution in [3.8, 4) is 11.5 Å². The van der Waals surface area contributed by atoms with Gasteiger partial charge in [-0.2, -0.15) is 0 Å². The Labute approximate surface area is 209 Å². The van der Waals surface area contributed by atoms with Crippen LogP contribution in [0.5, 0.6) is 11.5 Å². The van der Waals surface area contributed by atoms with E-state index in [1.54, 1.807) is 55.5 Å². The number of rotatable bonds is 7. The number of aromatic nitrogens is 3. The smallest absolute Gasteiger partial charge is 0.340 e. The van der Waals surface area contributed by atoms with Crippen molar-refractivity contribution < 1.29 is 23.8 Å². The molecule has 0 unspecified atom stereocenters. The third-order valence-corrected chi connectivity index (χ3v) is 5.76. The molecular weight excluding hydrogens is 480 g/mol. The molecule has 0 saturated carbocycles. The number of ether oxygens (including phenoxy) is 3. The maximum Gasteiger partial charge on any atom is 0.340 e. The summed E-state index contributed by atoms with van der Waals surface area (Å²) in [5.74, 6) is -0.0577. The van der Waals surface area contributed by atoms with Gasteiger partial charge in [0.25, 0.3) is 5.56 Å². The van der Waals surface area contributed by atoms with E-state index >= 15 is 0 Å². The molecule has 11 nitrogen and oxygen atoms in total. The quantitative estimate of drug-likeness (QED) is 0.381. The van der Waals surface area contributed by atoms with Gasteiger partial charge < -0.3 is 19.5 Å². The van der Waals surface area contributed by atoms with Crippen LogP contribution in [-0.2, 0) is 22.6 Å². The van der Waals surface area contributed by atoms with Crippen molar-refractivity contribution in [2.24, 2.45) is 0 Å². The van der Waals surface area contributed by atoms with Crippen LogP contribution in [0, 0.1) is 0 Å². The zero-order chi connectivity index (χ0) is 25.9. The van der Waals surface area contributed by atoms with E-state index in [0.717, 1.165) is 4.57 Å². The average Bonchev–Trinajstić information content (AvgIpc) is 3.37. The minimum Gasteiger partial charge on any atom is -0.462 e.